The highest BCUT2D eigenvalue weighted by Gasteiger charge is 2.36. The zero-order chi connectivity index (χ0) is 15.8. The molecule has 0 saturated carbocycles. The normalized spacial score (nSPS) is 19.2. The fourth-order valence-electron chi connectivity index (χ4n) is 2.30. The van der Waals surface area contributed by atoms with Crippen molar-refractivity contribution in [3.05, 3.63) is 26.6 Å². The van der Waals surface area contributed by atoms with E-state index in [2.05, 4.69) is 37.9 Å². The van der Waals surface area contributed by atoms with Crippen LogP contribution in [0.3, 0.4) is 0 Å². The van der Waals surface area contributed by atoms with Gasteiger partial charge in [-0.25, -0.2) is 8.42 Å². The van der Waals surface area contributed by atoms with E-state index in [1.165, 1.54) is 4.31 Å². The Bertz CT molecular complexity index is 702. The van der Waals surface area contributed by atoms with E-state index in [0.717, 1.165) is 10.0 Å². The summed E-state index contributed by atoms with van der Waals surface area (Å²) in [4.78, 5) is 0.264. The van der Waals surface area contributed by atoms with Crippen LogP contribution in [0.5, 0.6) is 0 Å². The molecule has 0 amide bonds. The van der Waals surface area contributed by atoms with Crippen LogP contribution in [0, 0.1) is 23.7 Å². The number of sulfonamides is 1. The first-order valence-corrected chi connectivity index (χ1v) is 9.59. The Morgan fingerprint density at radius 1 is 1.24 bits per heavy atom. The minimum atomic E-state index is -3.54. The number of piperidine rings is 1. The van der Waals surface area contributed by atoms with Gasteiger partial charge in [-0.05, 0) is 60.3 Å². The van der Waals surface area contributed by atoms with Crippen molar-refractivity contribution in [2.24, 2.45) is 5.41 Å². The molecule has 0 N–H and O–H groups in total. The average molecular weight is 436 g/mol. The molecule has 2 rings (SSSR count). The summed E-state index contributed by atoms with van der Waals surface area (Å²) in [5.41, 5.74) is 0.549. The van der Waals surface area contributed by atoms with Gasteiger partial charge < -0.3 is 0 Å². The second-order valence-electron chi connectivity index (χ2n) is 5.61. The molecule has 0 radical (unpaired) electrons. The van der Waals surface area contributed by atoms with E-state index in [-0.39, 0.29) is 4.90 Å². The topological polar surface area (TPSA) is 61.2 Å². The number of aryl methyl sites for hydroxylation is 1. The van der Waals surface area contributed by atoms with Crippen LogP contribution in [-0.2, 0) is 10.0 Å². The smallest absolute Gasteiger partial charge is 0.207 e. The number of hydrogen-bond acceptors (Lipinski definition) is 3. The highest BCUT2D eigenvalue weighted by atomic mass is 79.9. The molecule has 21 heavy (non-hydrogen) atoms. The SMILES string of the molecule is Cc1cc(Br)c(S(=O)(=O)N2CCC(C)(C#N)CC2)cc1Br. The molecule has 0 spiro atoms. The second-order valence-corrected chi connectivity index (χ2v) is 9.22. The maximum atomic E-state index is 12.8. The third-order valence-corrected chi connectivity index (χ3v) is 7.64. The number of halogens is 2. The molecule has 4 nitrogen and oxygen atoms in total. The lowest BCUT2D eigenvalue weighted by Crippen LogP contribution is -2.41. The van der Waals surface area contributed by atoms with Crippen molar-refractivity contribution in [1.82, 2.24) is 4.31 Å². The van der Waals surface area contributed by atoms with Crippen molar-refractivity contribution in [3.8, 4) is 6.07 Å². The molecule has 0 aromatic heterocycles. The van der Waals surface area contributed by atoms with Crippen LogP contribution in [0.4, 0.5) is 0 Å². The van der Waals surface area contributed by atoms with Crippen LogP contribution in [-0.4, -0.2) is 25.8 Å². The molecule has 0 bridgehead atoms. The van der Waals surface area contributed by atoms with Crippen LogP contribution in [0.1, 0.15) is 25.3 Å². The van der Waals surface area contributed by atoms with Crippen molar-refractivity contribution in [2.75, 3.05) is 13.1 Å². The van der Waals surface area contributed by atoms with Gasteiger partial charge in [-0.3, -0.25) is 0 Å². The predicted molar refractivity (Wildman–Crippen MR) is 88.3 cm³/mol. The Balaban J connectivity index is 2.33. The molecule has 1 aliphatic rings. The molecule has 1 saturated heterocycles. The Morgan fingerprint density at radius 2 is 1.81 bits per heavy atom. The van der Waals surface area contributed by atoms with Gasteiger partial charge in [0.15, 0.2) is 0 Å². The summed E-state index contributed by atoms with van der Waals surface area (Å²) in [6.07, 6.45) is 1.13. The molecule has 114 valence electrons. The average Bonchev–Trinajstić information content (AvgIpc) is 2.43. The van der Waals surface area contributed by atoms with Gasteiger partial charge in [0.2, 0.25) is 10.0 Å². The minimum absolute atomic E-state index is 0.264. The van der Waals surface area contributed by atoms with E-state index < -0.39 is 15.4 Å². The molecule has 1 heterocycles. The van der Waals surface area contributed by atoms with E-state index in [1.807, 2.05) is 13.8 Å². The predicted octanol–water partition coefficient (Wildman–Crippen LogP) is 3.83. The molecular formula is C14H16Br2N2O2S. The van der Waals surface area contributed by atoms with Gasteiger partial charge in [0, 0.05) is 22.0 Å². The summed E-state index contributed by atoms with van der Waals surface area (Å²) in [6.45, 7) is 4.55. The number of nitriles is 1. The lowest BCUT2D eigenvalue weighted by atomic mass is 9.83. The van der Waals surface area contributed by atoms with Gasteiger partial charge in [0.1, 0.15) is 0 Å². The first-order valence-electron chi connectivity index (χ1n) is 6.57. The lowest BCUT2D eigenvalue weighted by molar-refractivity contribution is 0.232. The van der Waals surface area contributed by atoms with Crippen LogP contribution in [0.15, 0.2) is 26.0 Å². The van der Waals surface area contributed by atoms with Crippen molar-refractivity contribution >= 4 is 41.9 Å². The van der Waals surface area contributed by atoms with Gasteiger partial charge in [0.25, 0.3) is 0 Å². The lowest BCUT2D eigenvalue weighted by Gasteiger charge is -2.34. The standard InChI is InChI=1S/C14H16Br2N2O2S/c1-10-7-12(16)13(8-11(10)15)21(19,20)18-5-3-14(2,9-17)4-6-18/h7-8H,3-6H2,1-2H3. The minimum Gasteiger partial charge on any atom is -0.207 e. The van der Waals surface area contributed by atoms with Crippen LogP contribution in [0.25, 0.3) is 0 Å². The summed E-state index contributed by atoms with van der Waals surface area (Å²) in [5.74, 6) is 0. The third-order valence-electron chi connectivity index (χ3n) is 3.93. The monoisotopic (exact) mass is 434 g/mol. The fourth-order valence-corrected chi connectivity index (χ4v) is 5.38. The van der Waals surface area contributed by atoms with Crippen molar-refractivity contribution < 1.29 is 8.42 Å². The van der Waals surface area contributed by atoms with E-state index in [4.69, 9.17) is 5.26 Å². The molecule has 0 atom stereocenters. The first-order chi connectivity index (χ1) is 9.69. The first kappa shape index (κ1) is 16.9. The summed E-state index contributed by atoms with van der Waals surface area (Å²) < 4.78 is 28.3. The maximum Gasteiger partial charge on any atom is 0.244 e. The highest BCUT2D eigenvalue weighted by molar-refractivity contribution is 9.11. The van der Waals surface area contributed by atoms with Crippen LogP contribution >= 0.6 is 31.9 Å². The maximum absolute atomic E-state index is 12.8. The third kappa shape index (κ3) is 3.34. The molecule has 1 fully saturated rings. The van der Waals surface area contributed by atoms with E-state index in [0.29, 0.717) is 30.4 Å². The summed E-state index contributed by atoms with van der Waals surface area (Å²) in [7, 11) is -3.54. The molecule has 1 aliphatic heterocycles. The van der Waals surface area contributed by atoms with E-state index in [9.17, 15) is 8.42 Å². The molecule has 1 aromatic carbocycles. The molecule has 0 unspecified atom stereocenters. The molecule has 0 aliphatic carbocycles. The summed E-state index contributed by atoms with van der Waals surface area (Å²) in [6, 6.07) is 5.71. The number of hydrogen-bond donors (Lipinski definition) is 0. The summed E-state index contributed by atoms with van der Waals surface area (Å²) in [5, 5.41) is 9.14. The van der Waals surface area contributed by atoms with Gasteiger partial charge in [0.05, 0.1) is 16.4 Å². The van der Waals surface area contributed by atoms with E-state index >= 15 is 0 Å². The van der Waals surface area contributed by atoms with Gasteiger partial charge >= 0.3 is 0 Å². The highest BCUT2D eigenvalue weighted by Crippen LogP contribution is 2.35. The number of nitrogens with zero attached hydrogens (tertiary/aromatic N) is 2. The summed E-state index contributed by atoms with van der Waals surface area (Å²) >= 11 is 6.72. The van der Waals surface area contributed by atoms with Gasteiger partial charge in [-0.1, -0.05) is 15.9 Å². The van der Waals surface area contributed by atoms with Crippen LogP contribution in [0.2, 0.25) is 0 Å². The molecule has 1 aromatic rings. The van der Waals surface area contributed by atoms with Gasteiger partial charge in [-0.15, -0.1) is 0 Å². The van der Waals surface area contributed by atoms with Gasteiger partial charge in [-0.2, -0.15) is 9.57 Å². The Labute approximate surface area is 142 Å². The zero-order valence-corrected chi connectivity index (χ0v) is 15.8. The Morgan fingerprint density at radius 3 is 2.33 bits per heavy atom. The number of rotatable bonds is 2. The van der Waals surface area contributed by atoms with Crippen LogP contribution < -0.4 is 0 Å². The van der Waals surface area contributed by atoms with E-state index in [1.54, 1.807) is 12.1 Å². The Kier molecular flexibility index (Phi) is 4.84. The molecule has 7 heteroatoms. The largest absolute Gasteiger partial charge is 0.244 e. The Hall–Kier alpha value is -0.420. The van der Waals surface area contributed by atoms with Crippen molar-refractivity contribution in [3.63, 3.8) is 0 Å². The second kappa shape index (κ2) is 5.99. The molecular weight excluding hydrogens is 420 g/mol. The van der Waals surface area contributed by atoms with Crippen molar-refractivity contribution in [1.29, 1.82) is 5.26 Å². The fraction of sp³-hybridized carbons (Fsp3) is 0.500. The zero-order valence-electron chi connectivity index (χ0n) is 11.9. The quantitative estimate of drug-likeness (QED) is 0.708. The van der Waals surface area contributed by atoms with Crippen molar-refractivity contribution in [2.45, 2.75) is 31.6 Å². The number of benzene rings is 1.